The molecule has 10 nitrogen and oxygen atoms in total. The van der Waals surface area contributed by atoms with Crippen LogP contribution in [0.2, 0.25) is 0 Å². The van der Waals surface area contributed by atoms with Crippen LogP contribution in [-0.4, -0.2) is 38.1 Å². The molecular formula is C24H30N6O4S2. The van der Waals surface area contributed by atoms with E-state index in [1.807, 2.05) is 31.2 Å². The normalized spacial score (nSPS) is 14.1. The summed E-state index contributed by atoms with van der Waals surface area (Å²) in [7, 11) is -6.85. The summed E-state index contributed by atoms with van der Waals surface area (Å²) in [5.74, 6) is 0.889. The van der Waals surface area contributed by atoms with Crippen molar-refractivity contribution >= 4 is 43.2 Å². The molecule has 0 amide bonds. The maximum atomic E-state index is 12.5. The summed E-state index contributed by atoms with van der Waals surface area (Å²) < 4.78 is 54.2. The lowest BCUT2D eigenvalue weighted by Crippen LogP contribution is -2.30. The smallest absolute Gasteiger partial charge is 0.240 e. The molecule has 0 spiro atoms. The van der Waals surface area contributed by atoms with Crippen LogP contribution < -0.4 is 20.1 Å². The molecule has 0 radical (unpaired) electrons. The van der Waals surface area contributed by atoms with Gasteiger partial charge in [-0.25, -0.2) is 31.3 Å². The van der Waals surface area contributed by atoms with Crippen LogP contribution in [0.5, 0.6) is 0 Å². The number of nitrogens with zero attached hydrogens (tertiary/aromatic N) is 2. The van der Waals surface area contributed by atoms with E-state index in [-0.39, 0.29) is 22.7 Å². The Morgan fingerprint density at radius 2 is 1.69 bits per heavy atom. The van der Waals surface area contributed by atoms with Crippen LogP contribution in [0.1, 0.15) is 37.8 Å². The van der Waals surface area contributed by atoms with E-state index in [2.05, 4.69) is 30.0 Å². The Kier molecular flexibility index (Phi) is 7.59. The van der Waals surface area contributed by atoms with Crippen molar-refractivity contribution in [2.24, 2.45) is 0 Å². The first-order valence-corrected chi connectivity index (χ1v) is 14.6. The zero-order chi connectivity index (χ0) is 25.9. The summed E-state index contributed by atoms with van der Waals surface area (Å²) in [6.45, 7) is 5.65. The van der Waals surface area contributed by atoms with Crippen LogP contribution in [0.15, 0.2) is 59.6 Å². The van der Waals surface area contributed by atoms with E-state index in [4.69, 9.17) is 0 Å². The summed E-state index contributed by atoms with van der Waals surface area (Å²) in [6, 6.07) is 13.6. The van der Waals surface area contributed by atoms with Gasteiger partial charge in [-0.1, -0.05) is 18.2 Å². The lowest BCUT2D eigenvalue weighted by Gasteiger charge is -2.13. The van der Waals surface area contributed by atoms with Crippen molar-refractivity contribution in [1.82, 2.24) is 19.4 Å². The van der Waals surface area contributed by atoms with Gasteiger partial charge in [0.1, 0.15) is 5.82 Å². The highest BCUT2D eigenvalue weighted by molar-refractivity contribution is 7.90. The molecular weight excluding hydrogens is 500 g/mol. The molecule has 1 heterocycles. The highest BCUT2D eigenvalue weighted by Gasteiger charge is 2.35. The van der Waals surface area contributed by atoms with Crippen molar-refractivity contribution in [2.45, 2.75) is 56.3 Å². The van der Waals surface area contributed by atoms with Crippen LogP contribution in [-0.2, 0) is 26.6 Å². The first-order chi connectivity index (χ1) is 17.0. The van der Waals surface area contributed by atoms with Gasteiger partial charge in [-0.15, -0.1) is 0 Å². The molecule has 0 bridgehead atoms. The Bertz CT molecular complexity index is 1440. The van der Waals surface area contributed by atoms with Crippen LogP contribution >= 0.6 is 0 Å². The van der Waals surface area contributed by atoms with E-state index < -0.39 is 20.0 Å². The van der Waals surface area contributed by atoms with Crippen molar-refractivity contribution in [3.8, 4) is 0 Å². The molecule has 0 atom stereocenters. The highest BCUT2D eigenvalue weighted by atomic mass is 32.2. The standard InChI is InChI=1S/C24H30N6O4S2/c1-16(2)30-36(33,34)22-6-4-5-20(13-22)28-24-25-14-17(3)23(29-24)27-19-9-7-18(8-10-19)15-26-35(31,32)21-11-12-21/h4-10,13-14,16,21,26,30H,11-12,15H2,1-3H3,(H2,25,27,28,29). The van der Waals surface area contributed by atoms with Gasteiger partial charge in [0.25, 0.3) is 0 Å². The largest absolute Gasteiger partial charge is 0.340 e. The molecule has 0 saturated heterocycles. The lowest BCUT2D eigenvalue weighted by molar-refractivity contribution is 0.569. The van der Waals surface area contributed by atoms with Gasteiger partial charge in [0, 0.05) is 35.7 Å². The zero-order valence-corrected chi connectivity index (χ0v) is 21.9. The van der Waals surface area contributed by atoms with E-state index in [0.717, 1.165) is 29.7 Å². The number of benzene rings is 2. The van der Waals surface area contributed by atoms with Crippen LogP contribution in [0, 0.1) is 6.92 Å². The second-order valence-electron chi connectivity index (χ2n) is 9.04. The predicted octanol–water partition coefficient (Wildman–Crippen LogP) is 3.54. The third-order valence-corrected chi connectivity index (χ3v) is 8.97. The molecule has 192 valence electrons. The zero-order valence-electron chi connectivity index (χ0n) is 20.3. The monoisotopic (exact) mass is 530 g/mol. The summed E-state index contributed by atoms with van der Waals surface area (Å²) in [5.41, 5.74) is 2.99. The number of aromatic nitrogens is 2. The molecule has 12 heteroatoms. The third-order valence-electron chi connectivity index (χ3n) is 5.42. The minimum Gasteiger partial charge on any atom is -0.340 e. The molecule has 4 rings (SSSR count). The van der Waals surface area contributed by atoms with E-state index in [9.17, 15) is 16.8 Å². The Labute approximate surface area is 212 Å². The molecule has 1 aromatic heterocycles. The molecule has 0 unspecified atom stereocenters. The second-order valence-corrected chi connectivity index (χ2v) is 12.8. The Morgan fingerprint density at radius 1 is 0.972 bits per heavy atom. The van der Waals surface area contributed by atoms with Gasteiger partial charge in [0.05, 0.1) is 10.1 Å². The fourth-order valence-electron chi connectivity index (χ4n) is 3.40. The summed E-state index contributed by atoms with van der Waals surface area (Å²) >= 11 is 0. The van der Waals surface area contributed by atoms with Gasteiger partial charge < -0.3 is 10.6 Å². The van der Waals surface area contributed by atoms with Gasteiger partial charge in [-0.3, -0.25) is 0 Å². The Morgan fingerprint density at radius 3 is 2.36 bits per heavy atom. The fourth-order valence-corrected chi connectivity index (χ4v) is 6.06. The number of aryl methyl sites for hydroxylation is 1. The minimum atomic E-state index is -3.63. The van der Waals surface area contributed by atoms with Crippen LogP contribution in [0.25, 0.3) is 0 Å². The van der Waals surface area contributed by atoms with Crippen molar-refractivity contribution in [2.75, 3.05) is 10.6 Å². The van der Waals surface area contributed by atoms with Crippen molar-refractivity contribution in [3.05, 3.63) is 65.9 Å². The van der Waals surface area contributed by atoms with Gasteiger partial charge >= 0.3 is 0 Å². The molecule has 36 heavy (non-hydrogen) atoms. The predicted molar refractivity (Wildman–Crippen MR) is 140 cm³/mol. The van der Waals surface area contributed by atoms with Gasteiger partial charge in [0.2, 0.25) is 26.0 Å². The number of hydrogen-bond acceptors (Lipinski definition) is 8. The van der Waals surface area contributed by atoms with E-state index in [0.29, 0.717) is 17.5 Å². The van der Waals surface area contributed by atoms with Gasteiger partial charge in [-0.05, 0) is 69.5 Å². The first-order valence-electron chi connectivity index (χ1n) is 11.6. The van der Waals surface area contributed by atoms with Crippen molar-refractivity contribution in [1.29, 1.82) is 0 Å². The molecule has 4 N–H and O–H groups in total. The topological polar surface area (TPSA) is 142 Å². The molecule has 3 aromatic rings. The molecule has 1 aliphatic carbocycles. The number of anilines is 4. The molecule has 1 aliphatic rings. The molecule has 1 fully saturated rings. The average molecular weight is 531 g/mol. The Balaban J connectivity index is 1.43. The van der Waals surface area contributed by atoms with Gasteiger partial charge in [-0.2, -0.15) is 4.98 Å². The molecule has 1 saturated carbocycles. The van der Waals surface area contributed by atoms with Crippen molar-refractivity contribution in [3.63, 3.8) is 0 Å². The van der Waals surface area contributed by atoms with Crippen molar-refractivity contribution < 1.29 is 16.8 Å². The van der Waals surface area contributed by atoms with E-state index in [1.165, 1.54) is 12.1 Å². The number of rotatable bonds is 11. The number of nitrogens with one attached hydrogen (secondary N) is 4. The average Bonchev–Trinajstić information content (AvgIpc) is 3.67. The molecule has 0 aliphatic heterocycles. The lowest BCUT2D eigenvalue weighted by atomic mass is 10.2. The van der Waals surface area contributed by atoms with E-state index in [1.54, 1.807) is 32.2 Å². The summed E-state index contributed by atoms with van der Waals surface area (Å²) in [4.78, 5) is 8.98. The highest BCUT2D eigenvalue weighted by Crippen LogP contribution is 2.28. The van der Waals surface area contributed by atoms with E-state index >= 15 is 0 Å². The number of hydrogen-bond donors (Lipinski definition) is 4. The van der Waals surface area contributed by atoms with Gasteiger partial charge in [0.15, 0.2) is 0 Å². The SMILES string of the molecule is Cc1cnc(Nc2cccc(S(=O)(=O)NC(C)C)c2)nc1Nc1ccc(CNS(=O)(=O)C2CC2)cc1. The quantitative estimate of drug-likeness (QED) is 0.295. The minimum absolute atomic E-state index is 0.145. The van der Waals surface area contributed by atoms with Crippen LogP contribution in [0.3, 0.4) is 0 Å². The second kappa shape index (κ2) is 10.5. The molecule has 2 aromatic carbocycles. The maximum absolute atomic E-state index is 12.5. The van der Waals surface area contributed by atoms with Crippen LogP contribution in [0.4, 0.5) is 23.1 Å². The maximum Gasteiger partial charge on any atom is 0.240 e. The number of sulfonamides is 2. The first kappa shape index (κ1) is 26.0. The summed E-state index contributed by atoms with van der Waals surface area (Å²) in [6.07, 6.45) is 3.13. The third kappa shape index (κ3) is 6.78. The Hall–Kier alpha value is -3.06. The summed E-state index contributed by atoms with van der Waals surface area (Å²) in [5, 5.41) is 6.06. The fraction of sp³-hybridized carbons (Fsp3) is 0.333.